The monoisotopic (exact) mass is 703 g/mol. The number of fused-ring (bicyclic) bond motifs is 15. The van der Waals surface area contributed by atoms with Gasteiger partial charge in [-0.05, 0) is 56.3 Å². The molecule has 0 saturated carbocycles. The molecule has 0 amide bonds. The van der Waals surface area contributed by atoms with Crippen LogP contribution in [0.25, 0.3) is 114 Å². The lowest BCUT2D eigenvalue weighted by molar-refractivity contribution is 1.09. The van der Waals surface area contributed by atoms with Crippen LogP contribution in [0.3, 0.4) is 0 Å². The van der Waals surface area contributed by atoms with Crippen LogP contribution < -0.4 is 0 Å². The minimum Gasteiger partial charge on any atom is -0.290 e. The van der Waals surface area contributed by atoms with Gasteiger partial charge in [0, 0.05) is 37.2 Å². The van der Waals surface area contributed by atoms with E-state index in [0.29, 0.717) is 0 Å². The van der Waals surface area contributed by atoms with E-state index in [9.17, 15) is 0 Å². The molecule has 0 atom stereocenters. The van der Waals surface area contributed by atoms with Gasteiger partial charge in [-0.25, -0.2) is 9.97 Å². The Bertz CT molecular complexity index is 3490. The summed E-state index contributed by atoms with van der Waals surface area (Å²) in [6.45, 7) is 0. The summed E-state index contributed by atoms with van der Waals surface area (Å²) in [7, 11) is 0. The summed E-state index contributed by atoms with van der Waals surface area (Å²) in [4.78, 5) is 11.2. The Kier molecular flexibility index (Phi) is 6.21. The number of aromatic nitrogens is 3. The average Bonchev–Trinajstić information content (AvgIpc) is 3.81. The summed E-state index contributed by atoms with van der Waals surface area (Å²) >= 11 is 1.88. The van der Waals surface area contributed by atoms with Crippen LogP contribution in [-0.4, -0.2) is 14.5 Å². The minimum atomic E-state index is 0.830. The summed E-state index contributed by atoms with van der Waals surface area (Å²) in [5.74, 6) is 0.830. The van der Waals surface area contributed by atoms with Crippen molar-refractivity contribution in [3.63, 3.8) is 0 Å². The zero-order chi connectivity index (χ0) is 35.3. The second kappa shape index (κ2) is 11.3. The SMILES string of the molecule is c1ccc(-c2ccc(-c3nc4ccc5ccccc5c4nc3-n3c4ccccc4c4c5ccccc5c5c(sc6ccc7ccccc7c65)c43)cc2)cc1. The smallest absolute Gasteiger partial charge is 0.165 e. The van der Waals surface area contributed by atoms with Crippen molar-refractivity contribution in [2.45, 2.75) is 0 Å². The maximum Gasteiger partial charge on any atom is 0.165 e. The summed E-state index contributed by atoms with van der Waals surface area (Å²) in [6, 6.07) is 63.3. The molecule has 0 unspecified atom stereocenters. The van der Waals surface area contributed by atoms with Crippen LogP contribution in [0.4, 0.5) is 0 Å². The van der Waals surface area contributed by atoms with Gasteiger partial charge in [0.2, 0.25) is 0 Å². The second-order valence-electron chi connectivity index (χ2n) is 14.1. The molecule has 54 heavy (non-hydrogen) atoms. The van der Waals surface area contributed by atoms with Crippen LogP contribution in [0.15, 0.2) is 176 Å². The summed E-state index contributed by atoms with van der Waals surface area (Å²) in [5, 5.41) is 12.4. The van der Waals surface area contributed by atoms with Gasteiger partial charge in [0.25, 0.3) is 0 Å². The fourth-order valence-electron chi connectivity index (χ4n) is 8.74. The van der Waals surface area contributed by atoms with E-state index in [4.69, 9.17) is 9.97 Å². The Morgan fingerprint density at radius 3 is 1.80 bits per heavy atom. The van der Waals surface area contributed by atoms with Gasteiger partial charge in [-0.3, -0.25) is 4.57 Å². The number of nitrogens with zero attached hydrogens (tertiary/aromatic N) is 3. The maximum atomic E-state index is 5.70. The number of benzene rings is 9. The van der Waals surface area contributed by atoms with Crippen molar-refractivity contribution in [2.24, 2.45) is 0 Å². The first-order chi connectivity index (χ1) is 26.8. The molecule has 0 N–H and O–H groups in total. The molecular weight excluding hydrogens is 675 g/mol. The zero-order valence-corrected chi connectivity index (χ0v) is 29.8. The van der Waals surface area contributed by atoms with Crippen molar-refractivity contribution < 1.29 is 0 Å². The number of hydrogen-bond donors (Lipinski definition) is 0. The highest BCUT2D eigenvalue weighted by Crippen LogP contribution is 2.50. The van der Waals surface area contributed by atoms with Crippen molar-refractivity contribution in [1.29, 1.82) is 0 Å². The lowest BCUT2D eigenvalue weighted by Crippen LogP contribution is -2.04. The molecule has 3 heterocycles. The normalized spacial score (nSPS) is 12.1. The van der Waals surface area contributed by atoms with Crippen molar-refractivity contribution in [3.8, 4) is 28.2 Å². The van der Waals surface area contributed by atoms with Crippen LogP contribution in [0, 0.1) is 0 Å². The van der Waals surface area contributed by atoms with Gasteiger partial charge >= 0.3 is 0 Å². The largest absolute Gasteiger partial charge is 0.290 e. The van der Waals surface area contributed by atoms with E-state index in [-0.39, 0.29) is 0 Å². The molecule has 250 valence electrons. The molecule has 3 aromatic heterocycles. The Morgan fingerprint density at radius 1 is 0.407 bits per heavy atom. The van der Waals surface area contributed by atoms with E-state index in [2.05, 4.69) is 180 Å². The molecule has 0 spiro atoms. The molecule has 0 bridgehead atoms. The third kappa shape index (κ3) is 4.17. The van der Waals surface area contributed by atoms with Gasteiger partial charge < -0.3 is 0 Å². The molecule has 0 aliphatic carbocycles. The molecule has 0 fully saturated rings. The molecule has 3 nitrogen and oxygen atoms in total. The van der Waals surface area contributed by atoms with Gasteiger partial charge in [0.15, 0.2) is 5.82 Å². The molecule has 0 aliphatic heterocycles. The highest BCUT2D eigenvalue weighted by atomic mass is 32.1. The first-order valence-corrected chi connectivity index (χ1v) is 19.2. The van der Waals surface area contributed by atoms with Crippen LogP contribution in [0.1, 0.15) is 0 Å². The Hall–Kier alpha value is -6.88. The fourth-order valence-corrected chi connectivity index (χ4v) is 10.0. The lowest BCUT2D eigenvalue weighted by Gasteiger charge is -2.16. The molecule has 0 aliphatic rings. The van der Waals surface area contributed by atoms with Gasteiger partial charge in [-0.2, -0.15) is 0 Å². The number of hydrogen-bond acceptors (Lipinski definition) is 3. The average molecular weight is 704 g/mol. The van der Waals surface area contributed by atoms with Crippen molar-refractivity contribution >= 4 is 96.7 Å². The van der Waals surface area contributed by atoms with Crippen molar-refractivity contribution in [3.05, 3.63) is 176 Å². The van der Waals surface area contributed by atoms with Gasteiger partial charge in [-0.15, -0.1) is 11.3 Å². The first kappa shape index (κ1) is 29.7. The van der Waals surface area contributed by atoms with E-state index in [1.807, 2.05) is 11.3 Å². The predicted octanol–water partition coefficient (Wildman–Crippen LogP) is 13.9. The number of thiophene rings is 1. The molecule has 9 aromatic carbocycles. The van der Waals surface area contributed by atoms with Crippen molar-refractivity contribution in [1.82, 2.24) is 14.5 Å². The first-order valence-electron chi connectivity index (χ1n) is 18.3. The third-order valence-electron chi connectivity index (χ3n) is 11.2. The van der Waals surface area contributed by atoms with Gasteiger partial charge in [0.05, 0.1) is 26.8 Å². The van der Waals surface area contributed by atoms with Crippen LogP contribution >= 0.6 is 11.3 Å². The molecule has 12 aromatic rings. The van der Waals surface area contributed by atoms with E-state index in [1.54, 1.807) is 0 Å². The van der Waals surface area contributed by atoms with E-state index >= 15 is 0 Å². The Balaban J connectivity index is 1.28. The number of rotatable bonds is 3. The van der Waals surface area contributed by atoms with Crippen LogP contribution in [-0.2, 0) is 0 Å². The Labute approximate surface area is 314 Å². The standard InChI is InChI=1S/C50H29N3S/c1-2-12-30(13-3-1)31-22-24-34(25-23-31)46-50(52-47-36-17-7-5-15-33(36)26-28-40(47)51-46)53-41-21-11-10-20-39(41)43-37-18-8-9-19-38(37)45-44-35-16-6-4-14-32(35)27-29-42(44)54-49(45)48(43)53/h1-29H. The van der Waals surface area contributed by atoms with E-state index in [1.165, 1.54) is 69.1 Å². The van der Waals surface area contributed by atoms with E-state index in [0.717, 1.165) is 44.4 Å². The third-order valence-corrected chi connectivity index (χ3v) is 12.3. The molecule has 12 rings (SSSR count). The number of para-hydroxylation sites is 1. The predicted molar refractivity (Wildman–Crippen MR) is 230 cm³/mol. The zero-order valence-electron chi connectivity index (χ0n) is 29.0. The topological polar surface area (TPSA) is 30.7 Å². The lowest BCUT2D eigenvalue weighted by atomic mass is 9.96. The second-order valence-corrected chi connectivity index (χ2v) is 15.1. The summed E-state index contributed by atoms with van der Waals surface area (Å²) in [5.41, 5.74) is 8.31. The molecule has 4 heteroatoms. The Morgan fingerprint density at radius 2 is 1.00 bits per heavy atom. The van der Waals surface area contributed by atoms with Gasteiger partial charge in [0.1, 0.15) is 5.69 Å². The van der Waals surface area contributed by atoms with E-state index < -0.39 is 0 Å². The molecular formula is C50H29N3S. The quantitative estimate of drug-likeness (QED) is 0.172. The van der Waals surface area contributed by atoms with Crippen LogP contribution in [0.5, 0.6) is 0 Å². The molecule has 0 saturated heterocycles. The maximum absolute atomic E-state index is 5.70. The summed E-state index contributed by atoms with van der Waals surface area (Å²) < 4.78 is 4.97. The van der Waals surface area contributed by atoms with Crippen LogP contribution in [0.2, 0.25) is 0 Å². The highest BCUT2D eigenvalue weighted by molar-refractivity contribution is 7.27. The van der Waals surface area contributed by atoms with Crippen molar-refractivity contribution in [2.75, 3.05) is 0 Å². The highest BCUT2D eigenvalue weighted by Gasteiger charge is 2.25. The van der Waals surface area contributed by atoms with Gasteiger partial charge in [-0.1, -0.05) is 158 Å². The molecule has 0 radical (unpaired) electrons. The summed E-state index contributed by atoms with van der Waals surface area (Å²) in [6.07, 6.45) is 0. The minimum absolute atomic E-state index is 0.830. The fraction of sp³-hybridized carbons (Fsp3) is 0.